The Kier molecular flexibility index (Phi) is 3.55. The normalized spacial score (nSPS) is 10.2. The molecule has 0 saturated heterocycles. The highest BCUT2D eigenvalue weighted by atomic mass is 16.1. The zero-order valence-corrected chi connectivity index (χ0v) is 9.76. The Balaban J connectivity index is 1.84. The number of hydrogen-bond acceptors (Lipinski definition) is 2. The summed E-state index contributed by atoms with van der Waals surface area (Å²) in [5.41, 5.74) is 0.687. The first kappa shape index (κ1) is 11.4. The highest BCUT2D eigenvalue weighted by Gasteiger charge is 2.04. The molecule has 1 amide bonds. The summed E-state index contributed by atoms with van der Waals surface area (Å²) < 4.78 is 1.95. The molecular weight excluding hydrogens is 214 g/mol. The molecule has 0 aliphatic heterocycles. The zero-order chi connectivity index (χ0) is 12.1. The maximum atomic E-state index is 11.7. The van der Waals surface area contributed by atoms with Gasteiger partial charge < -0.3 is 9.88 Å². The molecule has 88 valence electrons. The average molecular weight is 229 g/mol. The molecule has 0 aliphatic carbocycles. The molecule has 0 saturated carbocycles. The van der Waals surface area contributed by atoms with Gasteiger partial charge in [0.2, 0.25) is 0 Å². The van der Waals surface area contributed by atoms with Crippen LogP contribution in [0.25, 0.3) is 0 Å². The van der Waals surface area contributed by atoms with Crippen LogP contribution in [0.2, 0.25) is 0 Å². The van der Waals surface area contributed by atoms with Gasteiger partial charge in [0.15, 0.2) is 0 Å². The lowest BCUT2D eigenvalue weighted by molar-refractivity contribution is 0.0954. The molecule has 0 fully saturated rings. The number of carbonyl (C=O) groups is 1. The van der Waals surface area contributed by atoms with Crippen LogP contribution in [0.3, 0.4) is 0 Å². The van der Waals surface area contributed by atoms with E-state index in [-0.39, 0.29) is 5.91 Å². The topological polar surface area (TPSA) is 46.9 Å². The summed E-state index contributed by atoms with van der Waals surface area (Å²) in [4.78, 5) is 15.9. The first-order chi connectivity index (χ1) is 8.27. The first-order valence-corrected chi connectivity index (χ1v) is 5.57. The second-order valence-corrected chi connectivity index (χ2v) is 3.83. The van der Waals surface area contributed by atoms with Crippen molar-refractivity contribution in [3.8, 4) is 0 Å². The van der Waals surface area contributed by atoms with Gasteiger partial charge in [-0.15, -0.1) is 0 Å². The van der Waals surface area contributed by atoms with E-state index in [1.54, 1.807) is 18.3 Å². The molecule has 0 bridgehead atoms. The molecule has 2 rings (SSSR count). The summed E-state index contributed by atoms with van der Waals surface area (Å²) in [5, 5.41) is 2.87. The quantitative estimate of drug-likeness (QED) is 0.861. The standard InChI is InChI=1S/C13H15N3O/c1-16-10-9-14-12(16)7-8-15-13(17)11-5-3-2-4-6-11/h2-6,9-10H,7-8H2,1H3,(H,15,17). The summed E-state index contributed by atoms with van der Waals surface area (Å²) in [5.74, 6) is 0.929. The van der Waals surface area contributed by atoms with Gasteiger partial charge in [0, 0.05) is 38.0 Å². The minimum atomic E-state index is -0.0418. The van der Waals surface area contributed by atoms with E-state index < -0.39 is 0 Å². The van der Waals surface area contributed by atoms with Crippen LogP contribution in [0.5, 0.6) is 0 Å². The fourth-order valence-electron chi connectivity index (χ4n) is 1.62. The lowest BCUT2D eigenvalue weighted by Gasteiger charge is -2.05. The fraction of sp³-hybridized carbons (Fsp3) is 0.231. The Labute approximate surface area is 100 Å². The Morgan fingerprint density at radius 3 is 2.76 bits per heavy atom. The number of nitrogens with zero attached hydrogens (tertiary/aromatic N) is 2. The minimum absolute atomic E-state index is 0.0418. The lowest BCUT2D eigenvalue weighted by atomic mass is 10.2. The number of carbonyl (C=O) groups excluding carboxylic acids is 1. The lowest BCUT2D eigenvalue weighted by Crippen LogP contribution is -2.26. The number of aryl methyl sites for hydroxylation is 1. The van der Waals surface area contributed by atoms with Gasteiger partial charge in [0.1, 0.15) is 5.82 Å². The Hall–Kier alpha value is -2.10. The van der Waals surface area contributed by atoms with Crippen LogP contribution >= 0.6 is 0 Å². The van der Waals surface area contributed by atoms with E-state index in [2.05, 4.69) is 10.3 Å². The van der Waals surface area contributed by atoms with Gasteiger partial charge in [-0.1, -0.05) is 18.2 Å². The first-order valence-electron chi connectivity index (χ1n) is 5.57. The van der Waals surface area contributed by atoms with E-state index in [1.165, 1.54) is 0 Å². The predicted octanol–water partition coefficient (Wildman–Crippen LogP) is 1.39. The molecule has 1 aromatic carbocycles. The third-order valence-corrected chi connectivity index (χ3v) is 2.59. The van der Waals surface area contributed by atoms with Gasteiger partial charge in [-0.2, -0.15) is 0 Å². The highest BCUT2D eigenvalue weighted by Crippen LogP contribution is 1.98. The summed E-state index contributed by atoms with van der Waals surface area (Å²) in [6, 6.07) is 9.21. The fourth-order valence-corrected chi connectivity index (χ4v) is 1.62. The van der Waals surface area contributed by atoms with E-state index >= 15 is 0 Å². The number of aromatic nitrogens is 2. The molecule has 2 aromatic rings. The molecule has 0 atom stereocenters. The number of benzene rings is 1. The molecule has 0 spiro atoms. The van der Waals surface area contributed by atoms with Crippen molar-refractivity contribution in [2.45, 2.75) is 6.42 Å². The van der Waals surface area contributed by atoms with Gasteiger partial charge in [0.25, 0.3) is 5.91 Å². The van der Waals surface area contributed by atoms with Crippen LogP contribution in [0, 0.1) is 0 Å². The van der Waals surface area contributed by atoms with Crippen molar-refractivity contribution in [2.75, 3.05) is 6.54 Å². The summed E-state index contributed by atoms with van der Waals surface area (Å²) in [6.45, 7) is 0.596. The van der Waals surface area contributed by atoms with Gasteiger partial charge >= 0.3 is 0 Å². The van der Waals surface area contributed by atoms with Crippen LogP contribution in [0.1, 0.15) is 16.2 Å². The third-order valence-electron chi connectivity index (χ3n) is 2.59. The van der Waals surface area contributed by atoms with E-state index in [1.807, 2.05) is 36.0 Å². The van der Waals surface area contributed by atoms with Crippen molar-refractivity contribution < 1.29 is 4.79 Å². The molecule has 1 heterocycles. The number of nitrogens with one attached hydrogen (secondary N) is 1. The summed E-state index contributed by atoms with van der Waals surface area (Å²) >= 11 is 0. The summed E-state index contributed by atoms with van der Waals surface area (Å²) in [6.07, 6.45) is 4.39. The zero-order valence-electron chi connectivity index (χ0n) is 9.76. The number of hydrogen-bond donors (Lipinski definition) is 1. The van der Waals surface area contributed by atoms with E-state index in [9.17, 15) is 4.79 Å². The third kappa shape index (κ3) is 2.93. The molecule has 1 N–H and O–H groups in total. The van der Waals surface area contributed by atoms with Crippen molar-refractivity contribution in [1.82, 2.24) is 14.9 Å². The van der Waals surface area contributed by atoms with Gasteiger partial charge in [-0.05, 0) is 12.1 Å². The number of rotatable bonds is 4. The Morgan fingerprint density at radius 2 is 2.12 bits per heavy atom. The SMILES string of the molecule is Cn1ccnc1CCNC(=O)c1ccccc1. The van der Waals surface area contributed by atoms with Crippen molar-refractivity contribution in [3.63, 3.8) is 0 Å². The van der Waals surface area contributed by atoms with Crippen molar-refractivity contribution in [2.24, 2.45) is 7.05 Å². The van der Waals surface area contributed by atoms with Crippen LogP contribution in [0.4, 0.5) is 0 Å². The Bertz CT molecular complexity index is 490. The maximum absolute atomic E-state index is 11.7. The second-order valence-electron chi connectivity index (χ2n) is 3.83. The van der Waals surface area contributed by atoms with Crippen molar-refractivity contribution in [3.05, 3.63) is 54.1 Å². The highest BCUT2D eigenvalue weighted by molar-refractivity contribution is 5.94. The van der Waals surface area contributed by atoms with Gasteiger partial charge in [-0.25, -0.2) is 4.98 Å². The molecule has 0 unspecified atom stereocenters. The van der Waals surface area contributed by atoms with Gasteiger partial charge in [-0.3, -0.25) is 4.79 Å². The van der Waals surface area contributed by atoms with Crippen molar-refractivity contribution in [1.29, 1.82) is 0 Å². The smallest absolute Gasteiger partial charge is 0.251 e. The summed E-state index contributed by atoms with van der Waals surface area (Å²) in [7, 11) is 1.95. The van der Waals surface area contributed by atoms with Crippen molar-refractivity contribution >= 4 is 5.91 Å². The van der Waals surface area contributed by atoms with Crippen LogP contribution in [0.15, 0.2) is 42.7 Å². The minimum Gasteiger partial charge on any atom is -0.352 e. The second kappa shape index (κ2) is 5.30. The van der Waals surface area contributed by atoms with Crippen LogP contribution in [-0.2, 0) is 13.5 Å². The molecule has 0 aliphatic rings. The molecule has 1 aromatic heterocycles. The van der Waals surface area contributed by atoms with Crippen LogP contribution in [-0.4, -0.2) is 22.0 Å². The number of amides is 1. The molecular formula is C13H15N3O. The maximum Gasteiger partial charge on any atom is 0.251 e. The number of imidazole rings is 1. The van der Waals surface area contributed by atoms with Gasteiger partial charge in [0.05, 0.1) is 0 Å². The largest absolute Gasteiger partial charge is 0.352 e. The van der Waals surface area contributed by atoms with E-state index in [0.29, 0.717) is 12.1 Å². The molecule has 4 nitrogen and oxygen atoms in total. The van der Waals surface area contributed by atoms with E-state index in [4.69, 9.17) is 0 Å². The molecule has 4 heteroatoms. The predicted molar refractivity (Wildman–Crippen MR) is 65.7 cm³/mol. The van der Waals surface area contributed by atoms with E-state index in [0.717, 1.165) is 12.2 Å². The Morgan fingerprint density at radius 1 is 1.35 bits per heavy atom. The molecule has 0 radical (unpaired) electrons. The molecule has 17 heavy (non-hydrogen) atoms. The monoisotopic (exact) mass is 229 g/mol. The van der Waals surface area contributed by atoms with Crippen LogP contribution < -0.4 is 5.32 Å². The average Bonchev–Trinajstić information content (AvgIpc) is 2.76.